The monoisotopic (exact) mass is 255 g/mol. The second-order valence-electron chi connectivity index (χ2n) is 5.02. The number of nitrogens with one attached hydrogen (secondary N) is 2. The van der Waals surface area contributed by atoms with Crippen molar-refractivity contribution >= 4 is 22.8 Å². The molecule has 2 saturated heterocycles. The molecule has 2 heterocycles. The van der Waals surface area contributed by atoms with Crippen LogP contribution in [0.25, 0.3) is 0 Å². The molecule has 0 spiro atoms. The fourth-order valence-electron chi connectivity index (χ4n) is 2.09. The van der Waals surface area contributed by atoms with Gasteiger partial charge in [0, 0.05) is 17.8 Å². The second-order valence-corrected chi connectivity index (χ2v) is 6.10. The van der Waals surface area contributed by atoms with Crippen molar-refractivity contribution in [3.05, 3.63) is 0 Å². The van der Waals surface area contributed by atoms with Crippen LogP contribution >= 0.6 is 11.8 Å². The van der Waals surface area contributed by atoms with Gasteiger partial charge < -0.3 is 10.6 Å². The summed E-state index contributed by atoms with van der Waals surface area (Å²) in [4.78, 5) is 16.2. The fraction of sp³-hybridized carbons (Fsp3) is 0.833. The van der Waals surface area contributed by atoms with Gasteiger partial charge in [0.1, 0.15) is 6.04 Å². The standard InChI is InChI=1S/C12H21N3OS/c1-3-12(2)6-8-17-11(15-12)14-9-5-4-7-13-10(9)16/h9H,3-8H2,1-2H3,(H,13,16)(H,14,15). The van der Waals surface area contributed by atoms with Gasteiger partial charge in [0.05, 0.1) is 0 Å². The van der Waals surface area contributed by atoms with E-state index in [2.05, 4.69) is 29.5 Å². The van der Waals surface area contributed by atoms with Crippen molar-refractivity contribution in [2.24, 2.45) is 4.99 Å². The minimum Gasteiger partial charge on any atom is -0.360 e. The summed E-state index contributed by atoms with van der Waals surface area (Å²) in [5.74, 6) is 1.17. The topological polar surface area (TPSA) is 53.5 Å². The molecule has 5 heteroatoms. The van der Waals surface area contributed by atoms with E-state index in [9.17, 15) is 4.79 Å². The Balaban J connectivity index is 2.03. The third kappa shape index (κ3) is 3.15. The van der Waals surface area contributed by atoms with Gasteiger partial charge in [0.2, 0.25) is 5.91 Å². The lowest BCUT2D eigenvalue weighted by molar-refractivity contribution is -0.123. The van der Waals surface area contributed by atoms with Crippen LogP contribution in [0.15, 0.2) is 4.99 Å². The van der Waals surface area contributed by atoms with Crippen LogP contribution in [-0.2, 0) is 4.79 Å². The molecule has 1 amide bonds. The number of amides is 1. The third-order valence-corrected chi connectivity index (χ3v) is 4.50. The predicted molar refractivity (Wildman–Crippen MR) is 72.4 cm³/mol. The first-order valence-electron chi connectivity index (χ1n) is 6.39. The van der Waals surface area contributed by atoms with Gasteiger partial charge in [-0.15, -0.1) is 0 Å². The van der Waals surface area contributed by atoms with Gasteiger partial charge in [0.25, 0.3) is 0 Å². The summed E-state index contributed by atoms with van der Waals surface area (Å²) in [5.41, 5.74) is 0.148. The Bertz CT molecular complexity index is 332. The molecule has 2 fully saturated rings. The van der Waals surface area contributed by atoms with Crippen molar-refractivity contribution in [3.63, 3.8) is 0 Å². The summed E-state index contributed by atoms with van der Waals surface area (Å²) in [6.07, 6.45) is 4.15. The van der Waals surface area contributed by atoms with Crippen molar-refractivity contribution in [2.45, 2.75) is 51.1 Å². The van der Waals surface area contributed by atoms with E-state index >= 15 is 0 Å². The number of hydrogen-bond acceptors (Lipinski definition) is 3. The van der Waals surface area contributed by atoms with Gasteiger partial charge in [-0.1, -0.05) is 18.7 Å². The smallest absolute Gasteiger partial charge is 0.244 e. The molecule has 2 unspecified atom stereocenters. The molecule has 0 saturated carbocycles. The molecule has 2 N–H and O–H groups in total. The lowest BCUT2D eigenvalue weighted by Crippen LogP contribution is -2.49. The van der Waals surface area contributed by atoms with Gasteiger partial charge >= 0.3 is 0 Å². The number of piperidine rings is 1. The van der Waals surface area contributed by atoms with E-state index in [1.54, 1.807) is 11.8 Å². The summed E-state index contributed by atoms with van der Waals surface area (Å²) in [5, 5.41) is 7.30. The lowest BCUT2D eigenvalue weighted by Gasteiger charge is -2.35. The molecule has 4 nitrogen and oxygen atoms in total. The number of thioether (sulfide) groups is 1. The number of hydrogen-bond donors (Lipinski definition) is 2. The van der Waals surface area contributed by atoms with Crippen LogP contribution < -0.4 is 10.6 Å². The van der Waals surface area contributed by atoms with Gasteiger partial charge in [-0.05, 0) is 32.6 Å². The fourth-order valence-corrected chi connectivity index (χ4v) is 3.35. The van der Waals surface area contributed by atoms with E-state index in [0.717, 1.165) is 43.1 Å². The normalized spacial score (nSPS) is 36.5. The van der Waals surface area contributed by atoms with Crippen LogP contribution in [0.2, 0.25) is 0 Å². The van der Waals surface area contributed by atoms with E-state index in [-0.39, 0.29) is 17.5 Å². The summed E-state index contributed by atoms with van der Waals surface area (Å²) in [6.45, 7) is 5.21. The molecular formula is C12H21N3OS. The Morgan fingerprint density at radius 1 is 1.59 bits per heavy atom. The molecule has 2 rings (SSSR count). The van der Waals surface area contributed by atoms with Gasteiger partial charge in [-0.25, -0.2) is 4.99 Å². The Hall–Kier alpha value is -0.710. The van der Waals surface area contributed by atoms with E-state index in [1.807, 2.05) is 0 Å². The molecule has 0 aromatic rings. The lowest BCUT2D eigenvalue weighted by atomic mass is 9.96. The van der Waals surface area contributed by atoms with Gasteiger partial charge in [-0.3, -0.25) is 4.79 Å². The predicted octanol–water partition coefficient (Wildman–Crippen LogP) is 1.52. The van der Waals surface area contributed by atoms with Crippen molar-refractivity contribution in [1.82, 2.24) is 10.6 Å². The van der Waals surface area contributed by atoms with E-state index in [0.29, 0.717) is 0 Å². The maximum absolute atomic E-state index is 11.6. The van der Waals surface area contributed by atoms with Crippen LogP contribution in [0.1, 0.15) is 39.5 Å². The van der Waals surface area contributed by atoms with Crippen LogP contribution in [0.5, 0.6) is 0 Å². The van der Waals surface area contributed by atoms with E-state index < -0.39 is 0 Å². The minimum atomic E-state index is -0.182. The third-order valence-electron chi connectivity index (χ3n) is 3.61. The Morgan fingerprint density at radius 2 is 2.41 bits per heavy atom. The van der Waals surface area contributed by atoms with E-state index in [1.165, 1.54) is 0 Å². The molecule has 2 aliphatic heterocycles. The maximum atomic E-state index is 11.6. The Morgan fingerprint density at radius 3 is 3.12 bits per heavy atom. The van der Waals surface area contributed by atoms with Crippen molar-refractivity contribution < 1.29 is 4.79 Å². The van der Waals surface area contributed by atoms with Crippen molar-refractivity contribution in [3.8, 4) is 0 Å². The van der Waals surface area contributed by atoms with Gasteiger partial charge in [0.15, 0.2) is 5.17 Å². The first kappa shape index (κ1) is 12.7. The SMILES string of the molecule is CCC1(C)CCSC(=NC2CCCNC2=O)N1. The van der Waals surface area contributed by atoms with Crippen molar-refractivity contribution in [1.29, 1.82) is 0 Å². The molecule has 2 aliphatic rings. The number of aliphatic imine (C=N–C) groups is 1. The molecule has 0 aliphatic carbocycles. The molecule has 0 bridgehead atoms. The molecule has 0 aromatic heterocycles. The van der Waals surface area contributed by atoms with E-state index in [4.69, 9.17) is 0 Å². The maximum Gasteiger partial charge on any atom is 0.244 e. The van der Waals surface area contributed by atoms with Crippen LogP contribution in [0, 0.1) is 0 Å². The minimum absolute atomic E-state index is 0.0786. The second kappa shape index (κ2) is 5.29. The average Bonchev–Trinajstić information content (AvgIpc) is 2.32. The Kier molecular flexibility index (Phi) is 3.97. The first-order valence-corrected chi connectivity index (χ1v) is 7.38. The highest BCUT2D eigenvalue weighted by molar-refractivity contribution is 8.13. The quantitative estimate of drug-likeness (QED) is 0.786. The number of amidine groups is 1. The highest BCUT2D eigenvalue weighted by Crippen LogP contribution is 2.25. The van der Waals surface area contributed by atoms with Crippen LogP contribution in [-0.4, -0.2) is 35.0 Å². The van der Waals surface area contributed by atoms with Crippen LogP contribution in [0.3, 0.4) is 0 Å². The van der Waals surface area contributed by atoms with Crippen molar-refractivity contribution in [2.75, 3.05) is 12.3 Å². The number of carbonyl (C=O) groups excluding carboxylic acids is 1. The molecular weight excluding hydrogens is 234 g/mol. The zero-order valence-corrected chi connectivity index (χ0v) is 11.4. The highest BCUT2D eigenvalue weighted by atomic mass is 32.2. The average molecular weight is 255 g/mol. The molecule has 2 atom stereocenters. The molecule has 17 heavy (non-hydrogen) atoms. The first-order chi connectivity index (χ1) is 8.13. The zero-order chi connectivity index (χ0) is 12.3. The highest BCUT2D eigenvalue weighted by Gasteiger charge is 2.29. The summed E-state index contributed by atoms with van der Waals surface area (Å²) in [6, 6.07) is -0.182. The molecule has 0 radical (unpaired) electrons. The Labute approximate surface area is 107 Å². The largest absolute Gasteiger partial charge is 0.360 e. The number of nitrogens with zero attached hydrogens (tertiary/aromatic N) is 1. The summed E-state index contributed by atoms with van der Waals surface area (Å²) >= 11 is 1.74. The van der Waals surface area contributed by atoms with Crippen LogP contribution in [0.4, 0.5) is 0 Å². The van der Waals surface area contributed by atoms with Gasteiger partial charge in [-0.2, -0.15) is 0 Å². The zero-order valence-electron chi connectivity index (χ0n) is 10.6. The molecule has 96 valence electrons. The number of carbonyl (C=O) groups is 1. The number of rotatable bonds is 2. The molecule has 0 aromatic carbocycles. The summed E-state index contributed by atoms with van der Waals surface area (Å²) in [7, 11) is 0. The summed E-state index contributed by atoms with van der Waals surface area (Å²) < 4.78 is 0.